The van der Waals surface area contributed by atoms with Gasteiger partial charge in [-0.1, -0.05) is 32.9 Å². The standard InChI is InChI=1S/C15H19NOS/c1-5-17-12-8-6-7-11(9-12)13-10-18-14(16-13)15(2,3)4/h6-10H,5H2,1-4H3. The fourth-order valence-corrected chi connectivity index (χ4v) is 2.58. The normalized spacial score (nSPS) is 11.6. The van der Waals surface area contributed by atoms with Gasteiger partial charge in [0.15, 0.2) is 0 Å². The fraction of sp³-hybridized carbons (Fsp3) is 0.400. The molecule has 1 aromatic carbocycles. The third-order valence-electron chi connectivity index (χ3n) is 2.59. The summed E-state index contributed by atoms with van der Waals surface area (Å²) in [6.07, 6.45) is 0. The molecule has 0 unspecified atom stereocenters. The van der Waals surface area contributed by atoms with Crippen molar-refractivity contribution >= 4 is 11.3 Å². The van der Waals surface area contributed by atoms with Crippen LogP contribution < -0.4 is 4.74 Å². The molecule has 3 heteroatoms. The maximum Gasteiger partial charge on any atom is 0.119 e. The van der Waals surface area contributed by atoms with Gasteiger partial charge in [0.25, 0.3) is 0 Å². The van der Waals surface area contributed by atoms with Gasteiger partial charge in [0.2, 0.25) is 0 Å². The van der Waals surface area contributed by atoms with Gasteiger partial charge in [0.1, 0.15) is 5.75 Å². The van der Waals surface area contributed by atoms with Crippen LogP contribution in [0.25, 0.3) is 11.3 Å². The molecule has 18 heavy (non-hydrogen) atoms. The Morgan fingerprint density at radius 3 is 2.67 bits per heavy atom. The number of nitrogens with zero attached hydrogens (tertiary/aromatic N) is 1. The quantitative estimate of drug-likeness (QED) is 0.811. The minimum Gasteiger partial charge on any atom is -0.494 e. The lowest BCUT2D eigenvalue weighted by atomic mass is 9.98. The van der Waals surface area contributed by atoms with Crippen LogP contribution in [0.15, 0.2) is 29.6 Å². The van der Waals surface area contributed by atoms with Gasteiger partial charge < -0.3 is 4.74 Å². The number of rotatable bonds is 3. The Bertz CT molecular complexity index is 525. The van der Waals surface area contributed by atoms with Crippen molar-refractivity contribution in [2.45, 2.75) is 33.1 Å². The molecule has 0 bridgehead atoms. The van der Waals surface area contributed by atoms with Crippen molar-refractivity contribution in [1.29, 1.82) is 0 Å². The molecule has 2 nitrogen and oxygen atoms in total. The molecule has 0 saturated heterocycles. The van der Waals surface area contributed by atoms with Gasteiger partial charge in [0.05, 0.1) is 17.3 Å². The van der Waals surface area contributed by atoms with Crippen LogP contribution in [0.4, 0.5) is 0 Å². The smallest absolute Gasteiger partial charge is 0.119 e. The number of aromatic nitrogens is 1. The van der Waals surface area contributed by atoms with Crippen molar-refractivity contribution in [2.75, 3.05) is 6.61 Å². The number of benzene rings is 1. The second-order valence-corrected chi connectivity index (χ2v) is 6.11. The molecule has 0 spiro atoms. The summed E-state index contributed by atoms with van der Waals surface area (Å²) in [5, 5.41) is 3.28. The zero-order chi connectivity index (χ0) is 13.2. The molecule has 0 amide bonds. The lowest BCUT2D eigenvalue weighted by Gasteiger charge is -2.13. The topological polar surface area (TPSA) is 22.1 Å². The lowest BCUT2D eigenvalue weighted by molar-refractivity contribution is 0.340. The highest BCUT2D eigenvalue weighted by molar-refractivity contribution is 7.10. The SMILES string of the molecule is CCOc1cccc(-c2csc(C(C)(C)C)n2)c1. The van der Waals surface area contributed by atoms with Gasteiger partial charge in [-0.3, -0.25) is 0 Å². The van der Waals surface area contributed by atoms with E-state index in [4.69, 9.17) is 9.72 Å². The summed E-state index contributed by atoms with van der Waals surface area (Å²) >= 11 is 1.72. The average Bonchev–Trinajstić information content (AvgIpc) is 2.78. The minimum absolute atomic E-state index is 0.112. The van der Waals surface area contributed by atoms with Gasteiger partial charge in [-0.2, -0.15) is 0 Å². The molecular formula is C15H19NOS. The van der Waals surface area contributed by atoms with Crippen LogP contribution in [-0.4, -0.2) is 11.6 Å². The van der Waals surface area contributed by atoms with Crippen LogP contribution in [-0.2, 0) is 5.41 Å². The van der Waals surface area contributed by atoms with E-state index in [-0.39, 0.29) is 5.41 Å². The molecule has 1 aromatic heterocycles. The summed E-state index contributed by atoms with van der Waals surface area (Å²) in [4.78, 5) is 4.72. The zero-order valence-corrected chi connectivity index (χ0v) is 12.2. The maximum absolute atomic E-state index is 5.52. The second kappa shape index (κ2) is 5.11. The van der Waals surface area contributed by atoms with Crippen LogP contribution in [0.5, 0.6) is 5.75 Å². The summed E-state index contributed by atoms with van der Waals surface area (Å²) in [6.45, 7) is 9.24. The van der Waals surface area contributed by atoms with Gasteiger partial charge in [-0.25, -0.2) is 4.98 Å². The molecule has 2 aromatic rings. The average molecular weight is 261 g/mol. The molecule has 0 atom stereocenters. The molecule has 0 radical (unpaired) electrons. The number of hydrogen-bond acceptors (Lipinski definition) is 3. The lowest BCUT2D eigenvalue weighted by Crippen LogP contribution is -2.10. The summed E-state index contributed by atoms with van der Waals surface area (Å²) < 4.78 is 5.52. The molecule has 0 aliphatic carbocycles. The van der Waals surface area contributed by atoms with Crippen LogP contribution >= 0.6 is 11.3 Å². The second-order valence-electron chi connectivity index (χ2n) is 5.25. The van der Waals surface area contributed by atoms with E-state index in [0.717, 1.165) is 17.0 Å². The van der Waals surface area contributed by atoms with Crippen molar-refractivity contribution in [3.8, 4) is 17.0 Å². The molecular weight excluding hydrogens is 242 g/mol. The number of ether oxygens (including phenoxy) is 1. The summed E-state index contributed by atoms with van der Waals surface area (Å²) in [6, 6.07) is 8.11. The summed E-state index contributed by atoms with van der Waals surface area (Å²) in [5.41, 5.74) is 2.26. The Hall–Kier alpha value is -1.35. The molecule has 0 aliphatic rings. The van der Waals surface area contributed by atoms with E-state index >= 15 is 0 Å². The van der Waals surface area contributed by atoms with E-state index in [9.17, 15) is 0 Å². The third-order valence-corrected chi connectivity index (χ3v) is 3.85. The Kier molecular flexibility index (Phi) is 3.71. The van der Waals surface area contributed by atoms with E-state index in [1.807, 2.05) is 25.1 Å². The predicted octanol–water partition coefficient (Wildman–Crippen LogP) is 4.51. The monoisotopic (exact) mass is 261 g/mol. The van der Waals surface area contributed by atoms with Gasteiger partial charge in [0, 0.05) is 16.4 Å². The molecule has 0 N–H and O–H groups in total. The van der Waals surface area contributed by atoms with Crippen molar-refractivity contribution in [1.82, 2.24) is 4.98 Å². The van der Waals surface area contributed by atoms with Crippen LogP contribution in [0.1, 0.15) is 32.7 Å². The first kappa shape index (κ1) is 13.1. The van der Waals surface area contributed by atoms with E-state index < -0.39 is 0 Å². The zero-order valence-electron chi connectivity index (χ0n) is 11.4. The van der Waals surface area contributed by atoms with E-state index in [1.165, 1.54) is 5.01 Å². The molecule has 96 valence electrons. The maximum atomic E-state index is 5.52. The highest BCUT2D eigenvalue weighted by Gasteiger charge is 2.18. The molecule has 0 saturated carbocycles. The van der Waals surface area contributed by atoms with E-state index in [0.29, 0.717) is 6.61 Å². The largest absolute Gasteiger partial charge is 0.494 e. The van der Waals surface area contributed by atoms with Crippen molar-refractivity contribution in [2.24, 2.45) is 0 Å². The van der Waals surface area contributed by atoms with Crippen molar-refractivity contribution in [3.05, 3.63) is 34.7 Å². The molecule has 0 fully saturated rings. The Morgan fingerprint density at radius 1 is 1.28 bits per heavy atom. The molecule has 0 aliphatic heterocycles. The predicted molar refractivity (Wildman–Crippen MR) is 77.4 cm³/mol. The summed E-state index contributed by atoms with van der Waals surface area (Å²) in [7, 11) is 0. The van der Waals surface area contributed by atoms with Crippen molar-refractivity contribution in [3.63, 3.8) is 0 Å². The first-order valence-electron chi connectivity index (χ1n) is 6.20. The highest BCUT2D eigenvalue weighted by Crippen LogP contribution is 2.31. The van der Waals surface area contributed by atoms with E-state index in [1.54, 1.807) is 11.3 Å². The molecule has 1 heterocycles. The van der Waals surface area contributed by atoms with Gasteiger partial charge in [-0.15, -0.1) is 11.3 Å². The summed E-state index contributed by atoms with van der Waals surface area (Å²) in [5.74, 6) is 0.903. The molecule has 2 rings (SSSR count). The number of thiazole rings is 1. The van der Waals surface area contributed by atoms with Crippen molar-refractivity contribution < 1.29 is 4.74 Å². The number of hydrogen-bond donors (Lipinski definition) is 0. The third kappa shape index (κ3) is 2.91. The Balaban J connectivity index is 2.31. The Labute approximate surface area is 113 Å². The highest BCUT2D eigenvalue weighted by atomic mass is 32.1. The minimum atomic E-state index is 0.112. The van der Waals surface area contributed by atoms with Gasteiger partial charge in [-0.05, 0) is 19.1 Å². The van der Waals surface area contributed by atoms with Crippen LogP contribution in [0.3, 0.4) is 0 Å². The van der Waals surface area contributed by atoms with Crippen LogP contribution in [0, 0.1) is 0 Å². The fourth-order valence-electron chi connectivity index (χ4n) is 1.66. The van der Waals surface area contributed by atoms with Gasteiger partial charge >= 0.3 is 0 Å². The Morgan fingerprint density at radius 2 is 2.06 bits per heavy atom. The first-order valence-corrected chi connectivity index (χ1v) is 7.08. The van der Waals surface area contributed by atoms with E-state index in [2.05, 4.69) is 32.2 Å². The first-order chi connectivity index (χ1) is 8.50. The van der Waals surface area contributed by atoms with Crippen LogP contribution in [0.2, 0.25) is 0 Å².